The summed E-state index contributed by atoms with van der Waals surface area (Å²) in [5.74, 6) is 0. The van der Waals surface area contributed by atoms with Crippen LogP contribution in [0.25, 0.3) is 0 Å². The number of hydrogen-bond acceptors (Lipinski definition) is 2. The van der Waals surface area contributed by atoms with Crippen molar-refractivity contribution in [2.75, 3.05) is 19.7 Å². The molecular weight excluding hydrogens is 210 g/mol. The lowest BCUT2D eigenvalue weighted by Gasteiger charge is -2.42. The van der Waals surface area contributed by atoms with Gasteiger partial charge in [-0.15, -0.1) is 0 Å². The van der Waals surface area contributed by atoms with Crippen LogP contribution in [0, 0.1) is 0 Å². The highest BCUT2D eigenvalue weighted by molar-refractivity contribution is 5.26. The number of piperidine rings is 1. The highest BCUT2D eigenvalue weighted by atomic mass is 16.3. The molecule has 1 heterocycles. The Morgan fingerprint density at radius 3 is 2.24 bits per heavy atom. The second-order valence-electron chi connectivity index (χ2n) is 5.43. The van der Waals surface area contributed by atoms with Gasteiger partial charge in [0.15, 0.2) is 0 Å². The van der Waals surface area contributed by atoms with E-state index in [4.69, 9.17) is 0 Å². The van der Waals surface area contributed by atoms with E-state index >= 15 is 0 Å². The smallest absolute Gasteiger partial charge is 0.0528 e. The number of benzene rings is 1. The fraction of sp³-hybridized carbons (Fsp3) is 0.600. The standard InChI is InChI=1S/C15H23NO/c1-13(2)16-10-8-15(12-17,9-11-16)14-6-4-3-5-7-14/h3-7,13,17H,8-12H2,1-2H3. The second-order valence-corrected chi connectivity index (χ2v) is 5.43. The maximum atomic E-state index is 9.80. The lowest BCUT2D eigenvalue weighted by atomic mass is 9.73. The monoisotopic (exact) mass is 233 g/mol. The van der Waals surface area contributed by atoms with Crippen LogP contribution in [0.1, 0.15) is 32.3 Å². The number of nitrogens with zero attached hydrogens (tertiary/aromatic N) is 1. The quantitative estimate of drug-likeness (QED) is 0.866. The maximum absolute atomic E-state index is 9.80. The zero-order chi connectivity index (χ0) is 12.3. The van der Waals surface area contributed by atoms with E-state index in [-0.39, 0.29) is 12.0 Å². The lowest BCUT2D eigenvalue weighted by Crippen LogP contribution is -2.47. The molecule has 2 rings (SSSR count). The zero-order valence-corrected chi connectivity index (χ0v) is 10.9. The largest absolute Gasteiger partial charge is 0.395 e. The van der Waals surface area contributed by atoms with Crippen molar-refractivity contribution in [3.05, 3.63) is 35.9 Å². The fourth-order valence-corrected chi connectivity index (χ4v) is 2.80. The maximum Gasteiger partial charge on any atom is 0.0528 e. The van der Waals surface area contributed by atoms with Gasteiger partial charge in [-0.3, -0.25) is 0 Å². The minimum Gasteiger partial charge on any atom is -0.395 e. The van der Waals surface area contributed by atoms with Crippen LogP contribution in [0.2, 0.25) is 0 Å². The van der Waals surface area contributed by atoms with E-state index in [0.29, 0.717) is 6.04 Å². The molecule has 0 spiro atoms. The lowest BCUT2D eigenvalue weighted by molar-refractivity contribution is 0.0849. The first-order valence-electron chi connectivity index (χ1n) is 6.58. The fourth-order valence-electron chi connectivity index (χ4n) is 2.80. The van der Waals surface area contributed by atoms with Gasteiger partial charge in [-0.25, -0.2) is 0 Å². The van der Waals surface area contributed by atoms with Gasteiger partial charge >= 0.3 is 0 Å². The van der Waals surface area contributed by atoms with E-state index in [9.17, 15) is 5.11 Å². The summed E-state index contributed by atoms with van der Waals surface area (Å²) in [7, 11) is 0. The Bertz CT molecular complexity index is 339. The summed E-state index contributed by atoms with van der Waals surface area (Å²) in [4.78, 5) is 2.50. The molecule has 1 fully saturated rings. The number of likely N-dealkylation sites (tertiary alicyclic amines) is 1. The summed E-state index contributed by atoms with van der Waals surface area (Å²) < 4.78 is 0. The van der Waals surface area contributed by atoms with E-state index < -0.39 is 0 Å². The summed E-state index contributed by atoms with van der Waals surface area (Å²) in [5, 5.41) is 9.80. The average Bonchev–Trinajstić information content (AvgIpc) is 2.40. The molecule has 2 nitrogen and oxygen atoms in total. The Balaban J connectivity index is 2.14. The minimum atomic E-state index is -0.00729. The van der Waals surface area contributed by atoms with Crippen LogP contribution in [-0.2, 0) is 5.41 Å². The second kappa shape index (κ2) is 5.19. The summed E-state index contributed by atoms with van der Waals surface area (Å²) in [6.45, 7) is 6.94. The van der Waals surface area contributed by atoms with Crippen molar-refractivity contribution in [3.63, 3.8) is 0 Å². The molecule has 0 saturated carbocycles. The molecule has 0 bridgehead atoms. The molecule has 17 heavy (non-hydrogen) atoms. The van der Waals surface area contributed by atoms with Crippen molar-refractivity contribution in [1.29, 1.82) is 0 Å². The van der Waals surface area contributed by atoms with Crippen molar-refractivity contribution in [3.8, 4) is 0 Å². The van der Waals surface area contributed by atoms with Crippen molar-refractivity contribution in [2.24, 2.45) is 0 Å². The predicted molar refractivity (Wildman–Crippen MR) is 71.1 cm³/mol. The third-order valence-electron chi connectivity index (χ3n) is 4.17. The van der Waals surface area contributed by atoms with Crippen LogP contribution in [-0.4, -0.2) is 35.7 Å². The van der Waals surface area contributed by atoms with E-state index in [0.717, 1.165) is 25.9 Å². The van der Waals surface area contributed by atoms with Crippen molar-refractivity contribution in [1.82, 2.24) is 4.90 Å². The van der Waals surface area contributed by atoms with Gasteiger partial charge < -0.3 is 10.0 Å². The van der Waals surface area contributed by atoms with Gasteiger partial charge in [0.25, 0.3) is 0 Å². The SMILES string of the molecule is CC(C)N1CCC(CO)(c2ccccc2)CC1. The normalized spacial score (nSPS) is 20.7. The van der Waals surface area contributed by atoms with Gasteiger partial charge in [-0.1, -0.05) is 30.3 Å². The third kappa shape index (κ3) is 2.53. The van der Waals surface area contributed by atoms with E-state index in [1.54, 1.807) is 0 Å². The Kier molecular flexibility index (Phi) is 3.85. The zero-order valence-electron chi connectivity index (χ0n) is 10.9. The van der Waals surface area contributed by atoms with Crippen molar-refractivity contribution < 1.29 is 5.11 Å². The molecule has 1 saturated heterocycles. The Hall–Kier alpha value is -0.860. The van der Waals surface area contributed by atoms with E-state index in [1.807, 2.05) is 6.07 Å². The summed E-state index contributed by atoms with van der Waals surface area (Å²) >= 11 is 0. The Morgan fingerprint density at radius 2 is 1.76 bits per heavy atom. The summed E-state index contributed by atoms with van der Waals surface area (Å²) in [6, 6.07) is 11.1. The van der Waals surface area contributed by atoms with Gasteiger partial charge in [-0.2, -0.15) is 0 Å². The predicted octanol–water partition coefficient (Wildman–Crippen LogP) is 2.42. The van der Waals surface area contributed by atoms with Crippen LogP contribution in [0.5, 0.6) is 0 Å². The first kappa shape index (κ1) is 12.6. The molecule has 0 amide bonds. The molecule has 0 unspecified atom stereocenters. The Morgan fingerprint density at radius 1 is 1.18 bits per heavy atom. The molecule has 1 N–H and O–H groups in total. The summed E-state index contributed by atoms with van der Waals surface area (Å²) in [5.41, 5.74) is 1.29. The molecule has 1 aliphatic rings. The van der Waals surface area contributed by atoms with Gasteiger partial charge in [0, 0.05) is 11.5 Å². The molecule has 1 aromatic carbocycles. The molecule has 2 heteroatoms. The highest BCUT2D eigenvalue weighted by Crippen LogP contribution is 2.35. The van der Waals surface area contributed by atoms with Gasteiger partial charge in [0.1, 0.15) is 0 Å². The molecule has 0 aliphatic carbocycles. The number of aliphatic hydroxyl groups is 1. The number of hydrogen-bond donors (Lipinski definition) is 1. The number of aliphatic hydroxyl groups excluding tert-OH is 1. The molecule has 94 valence electrons. The van der Waals surface area contributed by atoms with Crippen LogP contribution in [0.4, 0.5) is 0 Å². The molecule has 1 aromatic rings. The van der Waals surface area contributed by atoms with E-state index in [2.05, 4.69) is 43.0 Å². The average molecular weight is 233 g/mol. The van der Waals surface area contributed by atoms with Crippen LogP contribution in [0.3, 0.4) is 0 Å². The summed E-state index contributed by atoms with van der Waals surface area (Å²) in [6.07, 6.45) is 2.12. The van der Waals surface area contributed by atoms with Gasteiger partial charge in [-0.05, 0) is 45.3 Å². The van der Waals surface area contributed by atoms with Gasteiger partial charge in [0.2, 0.25) is 0 Å². The minimum absolute atomic E-state index is 0.00729. The first-order valence-corrected chi connectivity index (χ1v) is 6.58. The van der Waals surface area contributed by atoms with Crippen molar-refractivity contribution in [2.45, 2.75) is 38.1 Å². The molecule has 0 atom stereocenters. The first-order chi connectivity index (χ1) is 8.18. The number of rotatable bonds is 3. The molecule has 0 aromatic heterocycles. The van der Waals surface area contributed by atoms with Gasteiger partial charge in [0.05, 0.1) is 6.61 Å². The van der Waals surface area contributed by atoms with E-state index in [1.165, 1.54) is 5.56 Å². The Labute approximate surface area is 104 Å². The van der Waals surface area contributed by atoms with Crippen LogP contribution < -0.4 is 0 Å². The topological polar surface area (TPSA) is 23.5 Å². The van der Waals surface area contributed by atoms with Crippen molar-refractivity contribution >= 4 is 0 Å². The molecule has 1 aliphatic heterocycles. The molecule has 0 radical (unpaired) electrons. The third-order valence-corrected chi connectivity index (χ3v) is 4.17. The van der Waals surface area contributed by atoms with Crippen LogP contribution in [0.15, 0.2) is 30.3 Å². The molecular formula is C15H23NO. The van der Waals surface area contributed by atoms with Crippen LogP contribution >= 0.6 is 0 Å². The highest BCUT2D eigenvalue weighted by Gasteiger charge is 2.35.